The number of rotatable bonds is 9. The maximum absolute atomic E-state index is 13.1. The first-order chi connectivity index (χ1) is 15.7. The third-order valence-corrected chi connectivity index (χ3v) is 7.14. The molecule has 0 spiro atoms. The fraction of sp³-hybridized carbons (Fsp3) is 0.458. The van der Waals surface area contributed by atoms with E-state index in [-0.39, 0.29) is 5.91 Å². The zero-order valence-corrected chi connectivity index (χ0v) is 21.0. The van der Waals surface area contributed by atoms with Crippen molar-refractivity contribution in [3.8, 4) is 0 Å². The Hall–Kier alpha value is -2.13. The van der Waals surface area contributed by atoms with Gasteiger partial charge in [-0.05, 0) is 42.2 Å². The predicted molar refractivity (Wildman–Crippen MR) is 132 cm³/mol. The van der Waals surface area contributed by atoms with Gasteiger partial charge in [-0.3, -0.25) is 14.0 Å². The molecule has 0 saturated carbocycles. The number of sulfonamides is 1. The van der Waals surface area contributed by atoms with E-state index in [0.29, 0.717) is 23.7 Å². The third kappa shape index (κ3) is 6.93. The first-order valence-corrected chi connectivity index (χ1v) is 13.3. The van der Waals surface area contributed by atoms with E-state index in [1.54, 1.807) is 32.0 Å². The van der Waals surface area contributed by atoms with Crippen molar-refractivity contribution in [2.24, 2.45) is 0 Å². The minimum Gasteiger partial charge on any atom is -0.379 e. The quantitative estimate of drug-likeness (QED) is 0.579. The second-order valence-electron chi connectivity index (χ2n) is 8.34. The minimum atomic E-state index is -3.72. The van der Waals surface area contributed by atoms with Crippen molar-refractivity contribution in [2.45, 2.75) is 39.4 Å². The molecule has 1 atom stereocenters. The molecule has 7 nitrogen and oxygen atoms in total. The van der Waals surface area contributed by atoms with Crippen molar-refractivity contribution in [1.29, 1.82) is 0 Å². The number of carbonyl (C=O) groups is 1. The van der Waals surface area contributed by atoms with E-state index in [4.69, 9.17) is 16.3 Å². The summed E-state index contributed by atoms with van der Waals surface area (Å²) in [5.41, 5.74) is 3.30. The monoisotopic (exact) mass is 493 g/mol. The maximum atomic E-state index is 13.1. The fourth-order valence-electron chi connectivity index (χ4n) is 3.94. The highest BCUT2D eigenvalue weighted by molar-refractivity contribution is 7.92. The van der Waals surface area contributed by atoms with E-state index >= 15 is 0 Å². The van der Waals surface area contributed by atoms with Crippen LogP contribution in [-0.4, -0.2) is 57.8 Å². The Morgan fingerprint density at radius 1 is 1.15 bits per heavy atom. The highest BCUT2D eigenvalue weighted by Gasteiger charge is 2.32. The van der Waals surface area contributed by atoms with Crippen LogP contribution in [0, 0.1) is 6.92 Å². The molecular weight excluding hydrogens is 462 g/mol. The second-order valence-corrected chi connectivity index (χ2v) is 10.6. The maximum Gasteiger partial charge on any atom is 0.244 e. The summed E-state index contributed by atoms with van der Waals surface area (Å²) in [6.45, 7) is 8.17. The topological polar surface area (TPSA) is 79.0 Å². The van der Waals surface area contributed by atoms with Gasteiger partial charge in [-0.1, -0.05) is 48.9 Å². The van der Waals surface area contributed by atoms with Crippen molar-refractivity contribution in [3.05, 3.63) is 64.2 Å². The third-order valence-electron chi connectivity index (χ3n) is 5.74. The van der Waals surface area contributed by atoms with Crippen molar-refractivity contribution >= 4 is 33.2 Å². The van der Waals surface area contributed by atoms with Crippen LogP contribution in [0.2, 0.25) is 5.02 Å². The second kappa shape index (κ2) is 11.3. The fourth-order valence-corrected chi connectivity index (χ4v) is 5.37. The van der Waals surface area contributed by atoms with Gasteiger partial charge in [0.25, 0.3) is 0 Å². The first-order valence-electron chi connectivity index (χ1n) is 11.1. The van der Waals surface area contributed by atoms with Crippen molar-refractivity contribution in [1.82, 2.24) is 10.2 Å². The molecule has 9 heteroatoms. The van der Waals surface area contributed by atoms with Crippen LogP contribution in [0.5, 0.6) is 0 Å². The Bertz CT molecular complexity index is 1050. The van der Waals surface area contributed by atoms with Crippen LogP contribution in [0.4, 0.5) is 5.69 Å². The Labute approximate surface area is 201 Å². The van der Waals surface area contributed by atoms with Gasteiger partial charge in [0.1, 0.15) is 6.04 Å². The zero-order chi connectivity index (χ0) is 24.0. The molecule has 1 amide bonds. The van der Waals surface area contributed by atoms with Crippen LogP contribution in [-0.2, 0) is 32.6 Å². The van der Waals surface area contributed by atoms with Gasteiger partial charge in [-0.15, -0.1) is 0 Å². The normalized spacial score (nSPS) is 15.8. The van der Waals surface area contributed by atoms with Gasteiger partial charge in [0.05, 0.1) is 25.2 Å². The molecule has 1 fully saturated rings. The molecule has 0 unspecified atom stereocenters. The average molecular weight is 494 g/mol. The largest absolute Gasteiger partial charge is 0.379 e. The van der Waals surface area contributed by atoms with E-state index in [0.717, 1.165) is 50.2 Å². The van der Waals surface area contributed by atoms with Gasteiger partial charge in [0, 0.05) is 31.2 Å². The summed E-state index contributed by atoms with van der Waals surface area (Å²) in [6, 6.07) is 12.3. The highest BCUT2D eigenvalue weighted by Crippen LogP contribution is 2.29. The van der Waals surface area contributed by atoms with Crippen LogP contribution in [0.15, 0.2) is 42.5 Å². The van der Waals surface area contributed by atoms with Gasteiger partial charge < -0.3 is 10.1 Å². The number of carbonyl (C=O) groups excluding carboxylic acids is 1. The van der Waals surface area contributed by atoms with Crippen LogP contribution in [0.3, 0.4) is 0 Å². The number of nitrogens with zero attached hydrogens (tertiary/aromatic N) is 2. The van der Waals surface area contributed by atoms with Gasteiger partial charge in [-0.2, -0.15) is 0 Å². The van der Waals surface area contributed by atoms with Crippen LogP contribution < -0.4 is 9.62 Å². The molecule has 2 aromatic rings. The molecule has 0 bridgehead atoms. The molecule has 1 aliphatic rings. The van der Waals surface area contributed by atoms with Gasteiger partial charge in [0.15, 0.2) is 0 Å². The smallest absolute Gasteiger partial charge is 0.244 e. The summed E-state index contributed by atoms with van der Waals surface area (Å²) < 4.78 is 31.9. The number of nitrogens with one attached hydrogen (secondary N) is 1. The Morgan fingerprint density at radius 2 is 1.79 bits per heavy atom. The molecule has 33 heavy (non-hydrogen) atoms. The number of amides is 1. The number of ether oxygens (including phenoxy) is 1. The lowest BCUT2D eigenvalue weighted by Gasteiger charge is -2.31. The lowest BCUT2D eigenvalue weighted by atomic mass is 10.1. The summed E-state index contributed by atoms with van der Waals surface area (Å²) in [4.78, 5) is 15.4. The molecule has 1 N–H and O–H groups in total. The molecular formula is C24H32ClN3O4S. The van der Waals surface area contributed by atoms with Crippen molar-refractivity contribution in [3.63, 3.8) is 0 Å². The van der Waals surface area contributed by atoms with E-state index in [1.165, 1.54) is 9.87 Å². The number of morpholine rings is 1. The van der Waals surface area contributed by atoms with Crippen LogP contribution in [0.1, 0.15) is 30.0 Å². The Balaban J connectivity index is 1.68. The number of hydrogen-bond donors (Lipinski definition) is 1. The molecule has 1 aliphatic heterocycles. The van der Waals surface area contributed by atoms with Crippen LogP contribution in [0.25, 0.3) is 0 Å². The van der Waals surface area contributed by atoms with Crippen LogP contribution >= 0.6 is 11.6 Å². The summed E-state index contributed by atoms with van der Waals surface area (Å²) in [5, 5.41) is 3.32. The van der Waals surface area contributed by atoms with Gasteiger partial charge in [0.2, 0.25) is 15.9 Å². The Morgan fingerprint density at radius 3 is 2.39 bits per heavy atom. The molecule has 0 aliphatic carbocycles. The number of benzene rings is 2. The SMILES string of the molecule is CC[C@H](C(=O)NCc1ccc(CN2CCOCC2)cc1)N(c1cc(Cl)ccc1C)S(C)(=O)=O. The average Bonchev–Trinajstić information content (AvgIpc) is 2.78. The van der Waals surface area contributed by atoms with E-state index in [1.807, 2.05) is 12.1 Å². The van der Waals surface area contributed by atoms with Crippen molar-refractivity contribution in [2.75, 3.05) is 36.9 Å². The lowest BCUT2D eigenvalue weighted by molar-refractivity contribution is -0.122. The molecule has 1 saturated heterocycles. The minimum absolute atomic E-state index is 0.319. The standard InChI is InChI=1S/C24H32ClN3O4S/c1-4-22(28(33(3,30)31)23-15-21(25)10-5-18(23)2)24(29)26-16-19-6-8-20(9-7-19)17-27-11-13-32-14-12-27/h5-10,15,22H,4,11-14,16-17H2,1-3H3,(H,26,29)/t22-/m1/s1. The summed E-state index contributed by atoms with van der Waals surface area (Å²) in [5.74, 6) is -0.348. The number of anilines is 1. The molecule has 3 rings (SSSR count). The number of aryl methyl sites for hydroxylation is 1. The highest BCUT2D eigenvalue weighted by atomic mass is 35.5. The molecule has 0 radical (unpaired) electrons. The summed E-state index contributed by atoms with van der Waals surface area (Å²) in [6.07, 6.45) is 1.43. The molecule has 2 aromatic carbocycles. The lowest BCUT2D eigenvalue weighted by Crippen LogP contribution is -2.49. The first kappa shape index (κ1) is 25.5. The summed E-state index contributed by atoms with van der Waals surface area (Å²) in [7, 11) is -3.72. The van der Waals surface area contributed by atoms with E-state index < -0.39 is 16.1 Å². The predicted octanol–water partition coefficient (Wildman–Crippen LogP) is 3.34. The van der Waals surface area contributed by atoms with Gasteiger partial charge in [-0.25, -0.2) is 8.42 Å². The van der Waals surface area contributed by atoms with Crippen molar-refractivity contribution < 1.29 is 17.9 Å². The summed E-state index contributed by atoms with van der Waals surface area (Å²) >= 11 is 6.12. The van der Waals surface area contributed by atoms with E-state index in [2.05, 4.69) is 22.3 Å². The zero-order valence-electron chi connectivity index (χ0n) is 19.4. The molecule has 0 aromatic heterocycles. The van der Waals surface area contributed by atoms with Gasteiger partial charge >= 0.3 is 0 Å². The Kier molecular flexibility index (Phi) is 8.75. The number of halogens is 1. The molecule has 1 heterocycles. The number of hydrogen-bond acceptors (Lipinski definition) is 5. The molecule has 180 valence electrons. The van der Waals surface area contributed by atoms with E-state index in [9.17, 15) is 13.2 Å².